The van der Waals surface area contributed by atoms with Crippen LogP contribution in [0.15, 0.2) is 24.3 Å². The van der Waals surface area contributed by atoms with Crippen LogP contribution in [0.1, 0.15) is 18.0 Å². The van der Waals surface area contributed by atoms with E-state index in [4.69, 9.17) is 5.73 Å². The number of thioether (sulfide) groups is 1. The summed E-state index contributed by atoms with van der Waals surface area (Å²) in [5, 5.41) is 0. The minimum absolute atomic E-state index is 0.0388. The van der Waals surface area contributed by atoms with E-state index in [1.54, 1.807) is 17.8 Å². The zero-order valence-electron chi connectivity index (χ0n) is 7.66. The predicted molar refractivity (Wildman–Crippen MR) is 56.3 cm³/mol. The second-order valence-corrected chi connectivity index (χ2v) is 3.93. The number of nitrogens with two attached hydrogens (primary N) is 1. The molecule has 0 radical (unpaired) electrons. The van der Waals surface area contributed by atoms with Crippen molar-refractivity contribution in [3.05, 3.63) is 35.6 Å². The molecule has 0 spiro atoms. The van der Waals surface area contributed by atoms with Gasteiger partial charge in [0.1, 0.15) is 5.82 Å². The molecule has 2 N–H and O–H groups in total. The summed E-state index contributed by atoms with van der Waals surface area (Å²) >= 11 is 1.76. The highest BCUT2D eigenvalue weighted by Crippen LogP contribution is 2.16. The monoisotopic (exact) mass is 199 g/mol. The van der Waals surface area contributed by atoms with Crippen molar-refractivity contribution in [2.45, 2.75) is 12.5 Å². The Balaban J connectivity index is 2.60. The van der Waals surface area contributed by atoms with Crippen LogP contribution in [0.4, 0.5) is 4.39 Å². The van der Waals surface area contributed by atoms with E-state index in [0.717, 1.165) is 17.7 Å². The Labute approximate surface area is 82.5 Å². The average Bonchev–Trinajstić information content (AvgIpc) is 2.14. The zero-order valence-corrected chi connectivity index (χ0v) is 8.48. The van der Waals surface area contributed by atoms with Gasteiger partial charge in [-0.2, -0.15) is 11.8 Å². The largest absolute Gasteiger partial charge is 0.324 e. The lowest BCUT2D eigenvalue weighted by atomic mass is 10.1. The van der Waals surface area contributed by atoms with E-state index >= 15 is 0 Å². The SMILES string of the molecule is CSCCC(N)c1cccc(F)c1. The molecule has 13 heavy (non-hydrogen) atoms. The number of hydrogen-bond acceptors (Lipinski definition) is 2. The van der Waals surface area contributed by atoms with Gasteiger partial charge in [-0.3, -0.25) is 0 Å². The molecule has 1 aromatic rings. The van der Waals surface area contributed by atoms with Gasteiger partial charge in [-0.25, -0.2) is 4.39 Å². The fraction of sp³-hybridized carbons (Fsp3) is 0.400. The molecule has 0 amide bonds. The summed E-state index contributed by atoms with van der Waals surface area (Å²) in [5.74, 6) is 0.801. The average molecular weight is 199 g/mol. The molecule has 1 aromatic carbocycles. The first kappa shape index (κ1) is 10.5. The fourth-order valence-corrected chi connectivity index (χ4v) is 1.64. The minimum atomic E-state index is -0.211. The quantitative estimate of drug-likeness (QED) is 0.806. The molecule has 0 aliphatic heterocycles. The van der Waals surface area contributed by atoms with E-state index in [1.165, 1.54) is 12.1 Å². The van der Waals surface area contributed by atoms with Gasteiger partial charge in [0.15, 0.2) is 0 Å². The van der Waals surface area contributed by atoms with Crippen LogP contribution in [0.3, 0.4) is 0 Å². The van der Waals surface area contributed by atoms with Gasteiger partial charge >= 0.3 is 0 Å². The Bertz CT molecular complexity index is 265. The predicted octanol–water partition coefficient (Wildman–Crippen LogP) is 2.58. The third kappa shape index (κ3) is 3.36. The summed E-state index contributed by atoms with van der Waals surface area (Å²) in [6.45, 7) is 0. The molecule has 0 fully saturated rings. The van der Waals surface area contributed by atoms with Gasteiger partial charge in [-0.05, 0) is 36.1 Å². The van der Waals surface area contributed by atoms with Crippen LogP contribution in [0.25, 0.3) is 0 Å². The first-order valence-electron chi connectivity index (χ1n) is 4.24. The van der Waals surface area contributed by atoms with Crippen molar-refractivity contribution in [1.29, 1.82) is 0 Å². The summed E-state index contributed by atoms with van der Waals surface area (Å²) in [4.78, 5) is 0. The van der Waals surface area contributed by atoms with Gasteiger partial charge < -0.3 is 5.73 Å². The Morgan fingerprint density at radius 2 is 2.31 bits per heavy atom. The minimum Gasteiger partial charge on any atom is -0.324 e. The van der Waals surface area contributed by atoms with Crippen molar-refractivity contribution < 1.29 is 4.39 Å². The fourth-order valence-electron chi connectivity index (χ4n) is 1.15. The normalized spacial score (nSPS) is 12.8. The second kappa shape index (κ2) is 5.25. The molecule has 0 saturated carbocycles. The van der Waals surface area contributed by atoms with Crippen molar-refractivity contribution in [2.75, 3.05) is 12.0 Å². The Kier molecular flexibility index (Phi) is 4.25. The van der Waals surface area contributed by atoms with E-state index in [1.807, 2.05) is 12.3 Å². The molecule has 1 rings (SSSR count). The number of benzene rings is 1. The maximum atomic E-state index is 12.8. The topological polar surface area (TPSA) is 26.0 Å². The first-order chi connectivity index (χ1) is 6.24. The molecular weight excluding hydrogens is 185 g/mol. The van der Waals surface area contributed by atoms with Crippen LogP contribution in [-0.4, -0.2) is 12.0 Å². The van der Waals surface area contributed by atoms with Crippen LogP contribution in [-0.2, 0) is 0 Å². The second-order valence-electron chi connectivity index (χ2n) is 2.94. The molecule has 1 atom stereocenters. The first-order valence-corrected chi connectivity index (χ1v) is 5.63. The van der Waals surface area contributed by atoms with Crippen molar-refractivity contribution in [3.63, 3.8) is 0 Å². The van der Waals surface area contributed by atoms with Crippen molar-refractivity contribution in [1.82, 2.24) is 0 Å². The van der Waals surface area contributed by atoms with E-state index < -0.39 is 0 Å². The molecular formula is C10H14FNS. The summed E-state index contributed by atoms with van der Waals surface area (Å²) in [5.41, 5.74) is 6.75. The van der Waals surface area contributed by atoms with Gasteiger partial charge in [0.05, 0.1) is 0 Å². The zero-order chi connectivity index (χ0) is 9.68. The molecule has 0 aliphatic carbocycles. The smallest absolute Gasteiger partial charge is 0.123 e. The van der Waals surface area contributed by atoms with Crippen molar-refractivity contribution in [3.8, 4) is 0 Å². The molecule has 0 heterocycles. The highest BCUT2D eigenvalue weighted by molar-refractivity contribution is 7.98. The van der Waals surface area contributed by atoms with E-state index in [9.17, 15) is 4.39 Å². The summed E-state index contributed by atoms with van der Waals surface area (Å²) in [7, 11) is 0. The Morgan fingerprint density at radius 3 is 2.92 bits per heavy atom. The number of halogens is 1. The van der Waals surface area contributed by atoms with E-state index in [0.29, 0.717) is 0 Å². The molecule has 72 valence electrons. The molecule has 1 nitrogen and oxygen atoms in total. The standard InChI is InChI=1S/C10H14FNS/c1-13-6-5-10(12)8-3-2-4-9(11)7-8/h2-4,7,10H,5-6,12H2,1H3. The third-order valence-corrected chi connectivity index (χ3v) is 2.55. The van der Waals surface area contributed by atoms with Crippen LogP contribution in [0.5, 0.6) is 0 Å². The molecule has 0 saturated heterocycles. The summed E-state index contributed by atoms with van der Waals surface area (Å²) in [6, 6.07) is 6.47. The summed E-state index contributed by atoms with van der Waals surface area (Å²) < 4.78 is 12.8. The van der Waals surface area contributed by atoms with Crippen LogP contribution >= 0.6 is 11.8 Å². The highest BCUT2D eigenvalue weighted by atomic mass is 32.2. The van der Waals surface area contributed by atoms with E-state index in [-0.39, 0.29) is 11.9 Å². The van der Waals surface area contributed by atoms with Gasteiger partial charge in [0, 0.05) is 6.04 Å². The van der Waals surface area contributed by atoms with Gasteiger partial charge in [0.2, 0.25) is 0 Å². The van der Waals surface area contributed by atoms with Gasteiger partial charge in [0.25, 0.3) is 0 Å². The lowest BCUT2D eigenvalue weighted by molar-refractivity contribution is 0.617. The number of hydrogen-bond donors (Lipinski definition) is 1. The molecule has 0 aromatic heterocycles. The van der Waals surface area contributed by atoms with Gasteiger partial charge in [-0.1, -0.05) is 12.1 Å². The van der Waals surface area contributed by atoms with Crippen LogP contribution in [0.2, 0.25) is 0 Å². The molecule has 3 heteroatoms. The molecule has 1 unspecified atom stereocenters. The summed E-state index contributed by atoms with van der Waals surface area (Å²) in [6.07, 6.45) is 2.93. The Hall–Kier alpha value is -0.540. The van der Waals surface area contributed by atoms with Crippen molar-refractivity contribution >= 4 is 11.8 Å². The van der Waals surface area contributed by atoms with Crippen molar-refractivity contribution in [2.24, 2.45) is 5.73 Å². The van der Waals surface area contributed by atoms with E-state index in [2.05, 4.69) is 0 Å². The molecule has 0 bridgehead atoms. The Morgan fingerprint density at radius 1 is 1.54 bits per heavy atom. The third-order valence-electron chi connectivity index (χ3n) is 1.91. The molecule has 0 aliphatic rings. The highest BCUT2D eigenvalue weighted by Gasteiger charge is 2.05. The maximum absolute atomic E-state index is 12.8. The lowest BCUT2D eigenvalue weighted by Gasteiger charge is -2.10. The lowest BCUT2D eigenvalue weighted by Crippen LogP contribution is -2.11. The maximum Gasteiger partial charge on any atom is 0.123 e. The number of rotatable bonds is 4. The van der Waals surface area contributed by atoms with Crippen LogP contribution in [0, 0.1) is 5.82 Å². The van der Waals surface area contributed by atoms with Crippen LogP contribution < -0.4 is 5.73 Å². The van der Waals surface area contributed by atoms with Gasteiger partial charge in [-0.15, -0.1) is 0 Å².